The summed E-state index contributed by atoms with van der Waals surface area (Å²) in [6.07, 6.45) is 4.96. The van der Waals surface area contributed by atoms with Crippen molar-refractivity contribution >= 4 is 5.97 Å². The summed E-state index contributed by atoms with van der Waals surface area (Å²) in [5, 5.41) is 10.5. The fraction of sp³-hybridized carbons (Fsp3) is 0.455. The second kappa shape index (κ2) is 7.22. The zero-order valence-electron chi connectivity index (χ0n) is 16.7. The lowest BCUT2D eigenvalue weighted by atomic mass is 9.90. The van der Waals surface area contributed by atoms with Crippen LogP contribution in [0.5, 0.6) is 11.5 Å². The molecular weight excluding hydrogens is 372 g/mol. The number of carbonyl (C=O) groups is 1. The molecule has 29 heavy (non-hydrogen) atoms. The smallest absolute Gasteiger partial charge is 0.343 e. The summed E-state index contributed by atoms with van der Waals surface area (Å²) >= 11 is 0. The molecule has 0 saturated heterocycles. The fourth-order valence-electron chi connectivity index (χ4n) is 3.78. The molecule has 1 aliphatic carbocycles. The highest BCUT2D eigenvalue weighted by Gasteiger charge is 2.39. The van der Waals surface area contributed by atoms with Crippen molar-refractivity contribution in [2.24, 2.45) is 5.73 Å². The maximum absolute atomic E-state index is 12.6. The van der Waals surface area contributed by atoms with Gasteiger partial charge in [-0.2, -0.15) is 0 Å². The Hall–Kier alpha value is -2.80. The molecule has 2 aliphatic rings. The van der Waals surface area contributed by atoms with Crippen LogP contribution in [0.25, 0.3) is 11.3 Å². The highest BCUT2D eigenvalue weighted by molar-refractivity contribution is 5.89. The number of fused-ring (bicyclic) bond motifs is 3. The molecule has 0 amide bonds. The molecule has 1 aromatic heterocycles. The number of esters is 1. The van der Waals surface area contributed by atoms with Gasteiger partial charge in [0.25, 0.3) is 0 Å². The van der Waals surface area contributed by atoms with Crippen LogP contribution in [-0.4, -0.2) is 34.4 Å². The number of benzene rings is 1. The van der Waals surface area contributed by atoms with Crippen molar-refractivity contribution in [2.75, 3.05) is 13.2 Å². The van der Waals surface area contributed by atoms with Crippen molar-refractivity contribution in [3.63, 3.8) is 0 Å². The zero-order valence-corrected chi connectivity index (χ0v) is 16.7. The Morgan fingerprint density at radius 2 is 2.07 bits per heavy atom. The lowest BCUT2D eigenvalue weighted by Crippen LogP contribution is -2.30. The molecule has 1 fully saturated rings. The van der Waals surface area contributed by atoms with Crippen molar-refractivity contribution in [2.45, 2.75) is 51.1 Å². The van der Waals surface area contributed by atoms with Crippen LogP contribution in [0.4, 0.5) is 0 Å². The highest BCUT2D eigenvalue weighted by Crippen LogP contribution is 2.42. The first-order valence-corrected chi connectivity index (χ1v) is 10.1. The van der Waals surface area contributed by atoms with Gasteiger partial charge in [0.2, 0.25) is 0 Å². The van der Waals surface area contributed by atoms with E-state index in [9.17, 15) is 14.7 Å². The summed E-state index contributed by atoms with van der Waals surface area (Å²) in [5.41, 5.74) is 7.87. The Labute approximate surface area is 169 Å². The lowest BCUT2D eigenvalue weighted by molar-refractivity contribution is 0.0523. The van der Waals surface area contributed by atoms with Gasteiger partial charge in [-0.3, -0.25) is 4.79 Å². The summed E-state index contributed by atoms with van der Waals surface area (Å²) in [5.74, 6) is -0.193. The molecule has 3 N–H and O–H groups in total. The Kier molecular flexibility index (Phi) is 4.86. The number of nitrogens with two attached hydrogens (primary N) is 1. The van der Waals surface area contributed by atoms with Gasteiger partial charge in [0.15, 0.2) is 16.9 Å². The standard InChI is InChI=1S/C22H26N2O5/c1-3-14-7-13-8-20(29-12-22(23)5-6-22)19(26)9-15(13)17-10-18(25)16(11-24(14)17)21(27)28-4-2/h8-11,14,26H,3-7,12,23H2,1-2H3. The van der Waals surface area contributed by atoms with E-state index in [2.05, 4.69) is 6.92 Å². The largest absolute Gasteiger partial charge is 0.504 e. The number of rotatable bonds is 6. The molecule has 2 heterocycles. The monoisotopic (exact) mass is 398 g/mol. The minimum atomic E-state index is -0.615. The molecule has 154 valence electrons. The first kappa shape index (κ1) is 19.5. The van der Waals surface area contributed by atoms with Gasteiger partial charge in [0.1, 0.15) is 12.2 Å². The number of aromatic nitrogens is 1. The van der Waals surface area contributed by atoms with Crippen LogP contribution in [0, 0.1) is 0 Å². The number of hydrogen-bond donors (Lipinski definition) is 2. The summed E-state index contributed by atoms with van der Waals surface area (Å²) in [7, 11) is 0. The van der Waals surface area contributed by atoms with Gasteiger partial charge in [-0.1, -0.05) is 6.92 Å². The maximum Gasteiger partial charge on any atom is 0.343 e. The van der Waals surface area contributed by atoms with E-state index in [-0.39, 0.29) is 29.5 Å². The predicted octanol–water partition coefficient (Wildman–Crippen LogP) is 2.77. The minimum Gasteiger partial charge on any atom is -0.504 e. The van der Waals surface area contributed by atoms with E-state index in [4.69, 9.17) is 15.2 Å². The molecule has 1 saturated carbocycles. The van der Waals surface area contributed by atoms with E-state index in [1.165, 1.54) is 6.07 Å². The van der Waals surface area contributed by atoms with Gasteiger partial charge >= 0.3 is 5.97 Å². The van der Waals surface area contributed by atoms with Crippen LogP contribution in [0.1, 0.15) is 55.1 Å². The van der Waals surface area contributed by atoms with Gasteiger partial charge in [-0.15, -0.1) is 0 Å². The molecule has 1 unspecified atom stereocenters. The summed E-state index contributed by atoms with van der Waals surface area (Å²) < 4.78 is 12.7. The number of phenols is 1. The number of nitrogens with zero attached hydrogens (tertiary/aromatic N) is 1. The maximum atomic E-state index is 12.6. The van der Waals surface area contributed by atoms with Crippen LogP contribution < -0.4 is 15.9 Å². The first-order chi connectivity index (χ1) is 13.8. The lowest BCUT2D eigenvalue weighted by Gasteiger charge is -2.31. The van der Waals surface area contributed by atoms with Gasteiger partial charge in [-0.05, 0) is 50.3 Å². The second-order valence-electron chi connectivity index (χ2n) is 7.96. The third-order valence-electron chi connectivity index (χ3n) is 5.76. The minimum absolute atomic E-state index is 0.0106. The van der Waals surface area contributed by atoms with Crippen molar-refractivity contribution in [1.82, 2.24) is 4.57 Å². The van der Waals surface area contributed by atoms with Crippen molar-refractivity contribution in [3.8, 4) is 22.8 Å². The number of aromatic hydroxyl groups is 1. The first-order valence-electron chi connectivity index (χ1n) is 10.1. The summed E-state index contributed by atoms with van der Waals surface area (Å²) in [4.78, 5) is 24.7. The quantitative estimate of drug-likeness (QED) is 0.725. The molecule has 4 rings (SSSR count). The zero-order chi connectivity index (χ0) is 20.8. The van der Waals surface area contributed by atoms with Gasteiger partial charge < -0.3 is 24.9 Å². The molecule has 2 aromatic rings. The van der Waals surface area contributed by atoms with E-state index >= 15 is 0 Å². The van der Waals surface area contributed by atoms with Crippen molar-refractivity contribution in [1.29, 1.82) is 0 Å². The van der Waals surface area contributed by atoms with E-state index in [1.807, 2.05) is 10.6 Å². The van der Waals surface area contributed by atoms with Gasteiger partial charge in [0.05, 0.1) is 17.8 Å². The van der Waals surface area contributed by atoms with Crippen molar-refractivity contribution < 1.29 is 19.4 Å². The number of phenolic OH excluding ortho intramolecular Hbond substituents is 1. The van der Waals surface area contributed by atoms with E-state index in [0.29, 0.717) is 24.5 Å². The molecule has 1 aromatic carbocycles. The highest BCUT2D eigenvalue weighted by atomic mass is 16.5. The van der Waals surface area contributed by atoms with Gasteiger partial charge in [-0.25, -0.2) is 4.79 Å². The topological polar surface area (TPSA) is 104 Å². The molecule has 7 nitrogen and oxygen atoms in total. The van der Waals surface area contributed by atoms with E-state index in [1.54, 1.807) is 19.2 Å². The number of ether oxygens (including phenoxy) is 2. The van der Waals surface area contributed by atoms with Crippen LogP contribution in [0.3, 0.4) is 0 Å². The van der Waals surface area contributed by atoms with E-state index < -0.39 is 11.4 Å². The second-order valence-corrected chi connectivity index (χ2v) is 7.96. The summed E-state index contributed by atoms with van der Waals surface area (Å²) in [6.45, 7) is 4.35. The SMILES string of the molecule is CCOC(=O)c1cn2c(cc1=O)-c1cc(O)c(OCC3(N)CC3)cc1CC2CC. The van der Waals surface area contributed by atoms with Gasteiger partial charge in [0, 0.05) is 23.9 Å². The third kappa shape index (κ3) is 3.62. The number of hydrogen-bond acceptors (Lipinski definition) is 6. The fourth-order valence-corrected chi connectivity index (χ4v) is 3.78. The third-order valence-corrected chi connectivity index (χ3v) is 5.76. The van der Waals surface area contributed by atoms with Crippen LogP contribution in [0.15, 0.2) is 29.2 Å². The average molecular weight is 398 g/mol. The molecule has 1 atom stereocenters. The molecular formula is C22H26N2O5. The Bertz CT molecular complexity index is 1020. The predicted molar refractivity (Wildman–Crippen MR) is 108 cm³/mol. The van der Waals surface area contributed by atoms with Crippen LogP contribution in [0.2, 0.25) is 0 Å². The Morgan fingerprint density at radius 1 is 1.31 bits per heavy atom. The molecule has 7 heteroatoms. The van der Waals surface area contributed by atoms with Crippen molar-refractivity contribution in [3.05, 3.63) is 45.7 Å². The van der Waals surface area contributed by atoms with Crippen LogP contribution >= 0.6 is 0 Å². The molecule has 0 bridgehead atoms. The molecule has 0 spiro atoms. The van der Waals surface area contributed by atoms with E-state index in [0.717, 1.165) is 30.4 Å². The average Bonchev–Trinajstić information content (AvgIpc) is 3.43. The summed E-state index contributed by atoms with van der Waals surface area (Å²) in [6, 6.07) is 4.99. The molecule has 0 radical (unpaired) electrons. The van der Waals surface area contributed by atoms with Crippen LogP contribution in [-0.2, 0) is 11.2 Å². The Morgan fingerprint density at radius 3 is 2.72 bits per heavy atom. The normalized spacial score (nSPS) is 18.5. The Balaban J connectivity index is 1.75. The number of pyridine rings is 1. The number of carbonyl (C=O) groups excluding carboxylic acids is 1. The molecule has 1 aliphatic heterocycles.